The van der Waals surface area contributed by atoms with E-state index < -0.39 is 11.0 Å². The maximum Gasteiger partial charge on any atom is 0.271 e. The van der Waals surface area contributed by atoms with Crippen molar-refractivity contribution in [1.29, 1.82) is 0 Å². The van der Waals surface area contributed by atoms with E-state index in [2.05, 4.69) is 54.5 Å². The second kappa shape index (κ2) is 11.6. The van der Waals surface area contributed by atoms with Gasteiger partial charge in [-0.1, -0.05) is 86.3 Å². The van der Waals surface area contributed by atoms with Crippen LogP contribution in [0.25, 0.3) is 0 Å². The van der Waals surface area contributed by atoms with Crippen LogP contribution in [0.4, 0.5) is 0 Å². The van der Waals surface area contributed by atoms with Crippen molar-refractivity contribution in [2.75, 3.05) is 13.1 Å². The number of fused-ring (bicyclic) bond motifs is 5. The van der Waals surface area contributed by atoms with Crippen LogP contribution < -0.4 is 0 Å². The van der Waals surface area contributed by atoms with Crippen molar-refractivity contribution in [2.45, 2.75) is 139 Å². The summed E-state index contributed by atoms with van der Waals surface area (Å²) in [6.45, 7) is 21.1. The molecule has 0 bridgehead atoms. The maximum atomic E-state index is 13.9. The van der Waals surface area contributed by atoms with Crippen LogP contribution in [0.1, 0.15) is 133 Å². The number of allylic oxidation sites excluding steroid dienone is 1. The van der Waals surface area contributed by atoms with Crippen LogP contribution in [0.5, 0.6) is 0 Å². The topological polar surface area (TPSA) is 64.0 Å². The summed E-state index contributed by atoms with van der Waals surface area (Å²) in [4.78, 5) is 13.9. The van der Waals surface area contributed by atoms with Crippen molar-refractivity contribution < 1.29 is 15.1 Å². The van der Waals surface area contributed by atoms with Gasteiger partial charge in [-0.25, -0.2) is 5.01 Å². The Morgan fingerprint density at radius 1 is 1.05 bits per heavy atom. The lowest BCUT2D eigenvalue weighted by atomic mass is 9.43. The molecule has 0 saturated heterocycles. The molecule has 8 atom stereocenters. The van der Waals surface area contributed by atoms with Gasteiger partial charge in [0.15, 0.2) is 5.60 Å². The molecule has 0 aromatic carbocycles. The van der Waals surface area contributed by atoms with Crippen molar-refractivity contribution in [3.8, 4) is 0 Å². The summed E-state index contributed by atoms with van der Waals surface area (Å²) < 4.78 is 0. The third-order valence-corrected chi connectivity index (χ3v) is 12.8. The zero-order valence-electron chi connectivity index (χ0n) is 27.4. The SMILES string of the molecule is CCCN(C(=O)C1(O)CC2=CC[C@H]3[C@@H]4CC[C@H]([C@H](C)CCCC(C)C)[C@@]4(C)CC[C@@H]3[C@@]2(C)CC1(C)C)N(O)CC. The first-order valence-corrected chi connectivity index (χ1v) is 16.9. The van der Waals surface area contributed by atoms with Crippen LogP contribution in [0, 0.1) is 51.8 Å². The fourth-order valence-electron chi connectivity index (χ4n) is 10.6. The molecule has 0 aliphatic heterocycles. The van der Waals surface area contributed by atoms with Gasteiger partial charge in [0.1, 0.15) is 0 Å². The lowest BCUT2D eigenvalue weighted by Gasteiger charge is -2.62. The Labute approximate surface area is 246 Å². The van der Waals surface area contributed by atoms with Gasteiger partial charge in [-0.15, -0.1) is 5.17 Å². The van der Waals surface area contributed by atoms with Crippen molar-refractivity contribution in [3.63, 3.8) is 0 Å². The van der Waals surface area contributed by atoms with E-state index in [-0.39, 0.29) is 11.3 Å². The summed E-state index contributed by atoms with van der Waals surface area (Å²) in [6, 6.07) is 0. The van der Waals surface area contributed by atoms with Gasteiger partial charge in [-0.3, -0.25) is 10.0 Å². The van der Waals surface area contributed by atoms with Crippen LogP contribution in [0.3, 0.4) is 0 Å². The van der Waals surface area contributed by atoms with Crippen LogP contribution in [0.15, 0.2) is 11.6 Å². The van der Waals surface area contributed by atoms with E-state index in [4.69, 9.17) is 0 Å². The Hall–Kier alpha value is -0.910. The first-order chi connectivity index (χ1) is 18.7. The fourth-order valence-corrected chi connectivity index (χ4v) is 10.6. The van der Waals surface area contributed by atoms with Gasteiger partial charge >= 0.3 is 0 Å². The fraction of sp³-hybridized carbons (Fsp3) is 0.914. The minimum atomic E-state index is -1.52. The van der Waals surface area contributed by atoms with Crippen LogP contribution in [-0.4, -0.2) is 45.1 Å². The van der Waals surface area contributed by atoms with Crippen LogP contribution in [-0.2, 0) is 4.79 Å². The molecule has 5 heteroatoms. The van der Waals surface area contributed by atoms with Crippen LogP contribution >= 0.6 is 0 Å². The number of hydrogen-bond donors (Lipinski definition) is 2. The van der Waals surface area contributed by atoms with Gasteiger partial charge in [0.25, 0.3) is 5.91 Å². The highest BCUT2D eigenvalue weighted by Crippen LogP contribution is 2.69. The van der Waals surface area contributed by atoms with Gasteiger partial charge in [-0.05, 0) is 98.2 Å². The molecule has 0 aromatic heterocycles. The molecule has 3 fully saturated rings. The normalized spacial score (nSPS) is 39.4. The van der Waals surface area contributed by atoms with E-state index in [1.54, 1.807) is 0 Å². The molecule has 1 unspecified atom stereocenters. The molecule has 1 amide bonds. The van der Waals surface area contributed by atoms with E-state index in [0.717, 1.165) is 48.1 Å². The quantitative estimate of drug-likeness (QED) is 0.209. The molecule has 0 aromatic rings. The average Bonchev–Trinajstić information content (AvgIpc) is 3.24. The zero-order chi connectivity index (χ0) is 29.7. The van der Waals surface area contributed by atoms with Crippen molar-refractivity contribution >= 4 is 5.91 Å². The lowest BCUT2D eigenvalue weighted by molar-refractivity contribution is -0.256. The number of carbonyl (C=O) groups excluding carboxylic acids is 1. The summed E-state index contributed by atoms with van der Waals surface area (Å²) in [5.74, 6) is 4.23. The van der Waals surface area contributed by atoms with E-state index >= 15 is 0 Å². The third kappa shape index (κ3) is 5.23. The molecule has 0 spiro atoms. The number of aliphatic hydroxyl groups is 1. The zero-order valence-corrected chi connectivity index (χ0v) is 27.4. The Bertz CT molecular complexity index is 945. The molecule has 4 aliphatic rings. The second-order valence-corrected chi connectivity index (χ2v) is 16.0. The van der Waals surface area contributed by atoms with Gasteiger partial charge in [0, 0.05) is 24.9 Å². The summed E-state index contributed by atoms with van der Waals surface area (Å²) in [7, 11) is 0. The number of hydroxylamine groups is 1. The summed E-state index contributed by atoms with van der Waals surface area (Å²) >= 11 is 0. The van der Waals surface area contributed by atoms with E-state index in [9.17, 15) is 15.1 Å². The Kier molecular flexibility index (Phi) is 9.32. The predicted molar refractivity (Wildman–Crippen MR) is 163 cm³/mol. The number of carbonyl (C=O) groups is 1. The molecule has 4 rings (SSSR count). The Morgan fingerprint density at radius 2 is 1.75 bits per heavy atom. The molecule has 2 N–H and O–H groups in total. The first kappa shape index (κ1) is 32.0. The maximum absolute atomic E-state index is 13.9. The molecule has 4 aliphatic carbocycles. The molecular formula is C35H62N2O3. The van der Waals surface area contributed by atoms with Gasteiger partial charge in [-0.2, -0.15) is 0 Å². The highest BCUT2D eigenvalue weighted by atomic mass is 16.6. The molecule has 40 heavy (non-hydrogen) atoms. The van der Waals surface area contributed by atoms with Crippen LogP contribution in [0.2, 0.25) is 0 Å². The van der Waals surface area contributed by atoms with Gasteiger partial charge in [0.2, 0.25) is 0 Å². The third-order valence-electron chi connectivity index (χ3n) is 12.8. The monoisotopic (exact) mass is 558 g/mol. The van der Waals surface area contributed by atoms with E-state index in [0.29, 0.717) is 36.8 Å². The molecule has 0 radical (unpaired) electrons. The summed E-state index contributed by atoms with van der Waals surface area (Å²) in [6.07, 6.45) is 14.9. The van der Waals surface area contributed by atoms with Crippen molar-refractivity contribution in [1.82, 2.24) is 10.2 Å². The number of nitrogens with zero attached hydrogens (tertiary/aromatic N) is 2. The average molecular weight is 559 g/mol. The smallest absolute Gasteiger partial charge is 0.271 e. The molecule has 3 saturated carbocycles. The van der Waals surface area contributed by atoms with Crippen molar-refractivity contribution in [3.05, 3.63) is 11.6 Å². The summed E-state index contributed by atoms with van der Waals surface area (Å²) in [5.41, 5.74) is -0.361. The molecule has 5 nitrogen and oxygen atoms in total. The van der Waals surface area contributed by atoms with E-state index in [1.807, 2.05) is 13.8 Å². The number of hydrogen-bond acceptors (Lipinski definition) is 4. The highest BCUT2D eigenvalue weighted by molar-refractivity contribution is 5.86. The van der Waals surface area contributed by atoms with Gasteiger partial charge in [0.05, 0.1) is 0 Å². The van der Waals surface area contributed by atoms with E-state index in [1.165, 1.54) is 55.5 Å². The minimum absolute atomic E-state index is 0.0144. The predicted octanol–water partition coefficient (Wildman–Crippen LogP) is 8.26. The number of rotatable bonds is 10. The first-order valence-electron chi connectivity index (χ1n) is 16.9. The highest BCUT2D eigenvalue weighted by Gasteiger charge is 2.65. The minimum Gasteiger partial charge on any atom is -0.379 e. The standard InChI is InChI=1S/C35H62N2O3/c1-10-21-36(37(40)11-2)31(38)35(39)22-26-15-16-27-29-18-17-28(25(5)14-12-13-24(3)4)33(29,8)20-19-30(27)34(26,9)23-32(35,6)7/h15,24-25,27-30,39-40H,10-14,16-23H2,1-9H3/t25-,27+,28-,29+,30+,33-,34+,35?/m1/s1. The lowest BCUT2D eigenvalue weighted by Crippen LogP contribution is -2.65. The number of amides is 1. The Morgan fingerprint density at radius 3 is 2.38 bits per heavy atom. The molecule has 230 valence electrons. The molecule has 0 heterocycles. The number of hydrazine groups is 1. The van der Waals surface area contributed by atoms with Crippen molar-refractivity contribution in [2.24, 2.45) is 51.8 Å². The van der Waals surface area contributed by atoms with Gasteiger partial charge < -0.3 is 5.11 Å². The summed E-state index contributed by atoms with van der Waals surface area (Å²) in [5, 5.41) is 25.1. The largest absolute Gasteiger partial charge is 0.379 e. The molecular weight excluding hydrogens is 496 g/mol. The Balaban J connectivity index is 1.57. The second-order valence-electron chi connectivity index (χ2n) is 16.0.